The van der Waals surface area contributed by atoms with Crippen LogP contribution in [-0.2, 0) is 0 Å². The molecule has 1 aliphatic carbocycles. The van der Waals surface area contributed by atoms with Crippen LogP contribution in [0.4, 0.5) is 0 Å². The number of rotatable bonds is 5. The highest BCUT2D eigenvalue weighted by Gasteiger charge is 2.25. The van der Waals surface area contributed by atoms with Crippen LogP contribution >= 0.6 is 0 Å². The molecule has 1 aromatic carbocycles. The van der Waals surface area contributed by atoms with Gasteiger partial charge in [-0.25, -0.2) is 0 Å². The van der Waals surface area contributed by atoms with Crippen molar-refractivity contribution in [1.82, 2.24) is 4.90 Å². The Hall–Kier alpha value is -0.820. The maximum atomic E-state index is 2.68. The summed E-state index contributed by atoms with van der Waals surface area (Å²) in [5, 5.41) is 0. The van der Waals surface area contributed by atoms with Crippen molar-refractivity contribution in [3.05, 3.63) is 35.9 Å². The Morgan fingerprint density at radius 3 is 2.30 bits per heavy atom. The number of nitrogens with zero attached hydrogens (tertiary/aromatic N) is 1. The van der Waals surface area contributed by atoms with Gasteiger partial charge in [0.05, 0.1) is 0 Å². The topological polar surface area (TPSA) is 3.24 Å². The highest BCUT2D eigenvalue weighted by molar-refractivity contribution is 5.20. The van der Waals surface area contributed by atoms with Gasteiger partial charge in [0, 0.05) is 0 Å². The van der Waals surface area contributed by atoms with Gasteiger partial charge in [0.25, 0.3) is 0 Å². The van der Waals surface area contributed by atoms with Gasteiger partial charge in [-0.05, 0) is 69.1 Å². The highest BCUT2D eigenvalue weighted by atomic mass is 15.1. The van der Waals surface area contributed by atoms with E-state index in [9.17, 15) is 0 Å². The largest absolute Gasteiger partial charge is 0.303 e. The van der Waals surface area contributed by atoms with E-state index in [0.29, 0.717) is 0 Å². The van der Waals surface area contributed by atoms with Crippen molar-refractivity contribution in [1.29, 1.82) is 0 Å². The van der Waals surface area contributed by atoms with Crippen LogP contribution in [0.2, 0.25) is 0 Å². The van der Waals surface area contributed by atoms with Crippen molar-refractivity contribution in [2.24, 2.45) is 5.92 Å². The van der Waals surface area contributed by atoms with Crippen LogP contribution in [0.15, 0.2) is 30.3 Å². The Bertz CT molecular complexity index is 374. The van der Waals surface area contributed by atoms with Gasteiger partial charge in [-0.3, -0.25) is 0 Å². The molecule has 0 spiro atoms. The van der Waals surface area contributed by atoms with Gasteiger partial charge < -0.3 is 4.90 Å². The summed E-state index contributed by atoms with van der Waals surface area (Å²) in [7, 11) is 0. The summed E-state index contributed by atoms with van der Waals surface area (Å²) in [6, 6.07) is 11.3. The molecule has 2 fully saturated rings. The van der Waals surface area contributed by atoms with Gasteiger partial charge in [0.2, 0.25) is 0 Å². The average Bonchev–Trinajstić information content (AvgIpc) is 3.03. The minimum atomic E-state index is 0.803. The van der Waals surface area contributed by atoms with Gasteiger partial charge in [-0.1, -0.05) is 49.6 Å². The van der Waals surface area contributed by atoms with Crippen LogP contribution in [0.25, 0.3) is 0 Å². The summed E-state index contributed by atoms with van der Waals surface area (Å²) in [4.78, 5) is 2.68. The van der Waals surface area contributed by atoms with Gasteiger partial charge in [0.1, 0.15) is 0 Å². The van der Waals surface area contributed by atoms with Crippen molar-refractivity contribution in [2.75, 3.05) is 19.6 Å². The molecule has 1 heterocycles. The number of benzene rings is 1. The maximum Gasteiger partial charge on any atom is -0.00128 e. The fraction of sp³-hybridized carbons (Fsp3) is 0.684. The van der Waals surface area contributed by atoms with Crippen LogP contribution in [0.5, 0.6) is 0 Å². The fourth-order valence-corrected chi connectivity index (χ4v) is 4.24. The molecule has 110 valence electrons. The van der Waals surface area contributed by atoms with Crippen molar-refractivity contribution in [2.45, 2.75) is 57.3 Å². The second kappa shape index (κ2) is 7.26. The third kappa shape index (κ3) is 3.63. The second-order valence-corrected chi connectivity index (χ2v) is 6.75. The predicted molar refractivity (Wildman–Crippen MR) is 86.0 cm³/mol. The summed E-state index contributed by atoms with van der Waals surface area (Å²) in [6.45, 7) is 3.99. The fourth-order valence-electron chi connectivity index (χ4n) is 4.24. The van der Waals surface area contributed by atoms with Crippen LogP contribution < -0.4 is 0 Å². The molecule has 1 heteroatoms. The molecule has 1 aromatic rings. The minimum Gasteiger partial charge on any atom is -0.303 e. The Morgan fingerprint density at radius 2 is 1.60 bits per heavy atom. The molecular formula is C19H29N. The van der Waals surface area contributed by atoms with Crippen molar-refractivity contribution in [3.8, 4) is 0 Å². The van der Waals surface area contributed by atoms with Crippen LogP contribution in [0.1, 0.15) is 62.8 Å². The molecule has 1 nitrogen and oxygen atoms in total. The van der Waals surface area contributed by atoms with E-state index < -0.39 is 0 Å². The van der Waals surface area contributed by atoms with E-state index in [-0.39, 0.29) is 0 Å². The molecule has 0 aromatic heterocycles. The lowest BCUT2D eigenvalue weighted by atomic mass is 9.75. The first kappa shape index (κ1) is 14.1. The lowest BCUT2D eigenvalue weighted by molar-refractivity contribution is 0.256. The van der Waals surface area contributed by atoms with Gasteiger partial charge >= 0.3 is 0 Å². The van der Waals surface area contributed by atoms with Gasteiger partial charge in [0.15, 0.2) is 0 Å². The van der Waals surface area contributed by atoms with Crippen molar-refractivity contribution in [3.63, 3.8) is 0 Å². The molecule has 0 bridgehead atoms. The molecule has 2 aliphatic rings. The predicted octanol–water partition coefficient (Wildman–Crippen LogP) is 4.84. The van der Waals surface area contributed by atoms with E-state index in [2.05, 4.69) is 35.2 Å². The summed E-state index contributed by atoms with van der Waals surface area (Å²) < 4.78 is 0. The Labute approximate surface area is 124 Å². The van der Waals surface area contributed by atoms with Gasteiger partial charge in [-0.15, -0.1) is 0 Å². The number of hydrogen-bond donors (Lipinski definition) is 0. The molecule has 3 rings (SSSR count). The summed E-state index contributed by atoms with van der Waals surface area (Å²) in [5.74, 6) is 1.74. The van der Waals surface area contributed by atoms with E-state index in [4.69, 9.17) is 0 Å². The third-order valence-corrected chi connectivity index (χ3v) is 5.40. The number of likely N-dealkylation sites (tertiary alicyclic amines) is 1. The minimum absolute atomic E-state index is 0.803. The molecule has 20 heavy (non-hydrogen) atoms. The summed E-state index contributed by atoms with van der Waals surface area (Å²) in [5.41, 5.74) is 1.60. The van der Waals surface area contributed by atoms with Crippen molar-refractivity contribution < 1.29 is 0 Å². The van der Waals surface area contributed by atoms with E-state index in [1.165, 1.54) is 71.0 Å². The lowest BCUT2D eigenvalue weighted by Gasteiger charge is -2.32. The molecular weight excluding hydrogens is 242 g/mol. The quantitative estimate of drug-likeness (QED) is 0.741. The first-order valence-electron chi connectivity index (χ1n) is 8.71. The molecule has 1 saturated carbocycles. The third-order valence-electron chi connectivity index (χ3n) is 5.40. The van der Waals surface area contributed by atoms with E-state index >= 15 is 0 Å². The zero-order valence-corrected chi connectivity index (χ0v) is 12.8. The molecule has 1 unspecified atom stereocenters. The zero-order valence-electron chi connectivity index (χ0n) is 12.8. The number of hydrogen-bond acceptors (Lipinski definition) is 1. The zero-order chi connectivity index (χ0) is 13.6. The monoisotopic (exact) mass is 271 g/mol. The molecule has 1 aliphatic heterocycles. The van der Waals surface area contributed by atoms with Gasteiger partial charge in [-0.2, -0.15) is 0 Å². The maximum absolute atomic E-state index is 2.68. The Balaban J connectivity index is 1.65. The van der Waals surface area contributed by atoms with Crippen LogP contribution in [-0.4, -0.2) is 24.5 Å². The Kier molecular flexibility index (Phi) is 5.13. The van der Waals surface area contributed by atoms with E-state index in [1.54, 1.807) is 5.56 Å². The van der Waals surface area contributed by atoms with Crippen LogP contribution in [0, 0.1) is 5.92 Å². The van der Waals surface area contributed by atoms with Crippen molar-refractivity contribution >= 4 is 0 Å². The smallest absolute Gasteiger partial charge is 0.00128 e. The molecule has 0 N–H and O–H groups in total. The average molecular weight is 271 g/mol. The van der Waals surface area contributed by atoms with Crippen LogP contribution in [0.3, 0.4) is 0 Å². The van der Waals surface area contributed by atoms with E-state index in [1.807, 2.05) is 0 Å². The normalized spacial score (nSPS) is 23.0. The Morgan fingerprint density at radius 1 is 0.900 bits per heavy atom. The summed E-state index contributed by atoms with van der Waals surface area (Å²) >= 11 is 0. The standard InChI is InChI=1S/C19H29N/c1-3-9-17(10-4-1)19(18-11-5-2-6-12-18)13-16-20-14-7-8-15-20/h1,3-4,9-10,18-19H,2,5-8,11-16H2. The SMILES string of the molecule is c1ccc(C(CCN2CCCC2)C2CCCCC2)cc1. The molecule has 1 saturated heterocycles. The molecule has 0 amide bonds. The highest BCUT2D eigenvalue weighted by Crippen LogP contribution is 2.38. The molecule has 0 radical (unpaired) electrons. The first-order valence-corrected chi connectivity index (χ1v) is 8.71. The lowest BCUT2D eigenvalue weighted by Crippen LogP contribution is -2.25. The summed E-state index contributed by atoms with van der Waals surface area (Å²) in [6.07, 6.45) is 11.5. The van der Waals surface area contributed by atoms with E-state index in [0.717, 1.165) is 11.8 Å². The first-order chi connectivity index (χ1) is 9.93. The second-order valence-electron chi connectivity index (χ2n) is 6.75. The molecule has 1 atom stereocenters.